The van der Waals surface area contributed by atoms with E-state index in [1.807, 2.05) is 0 Å². The predicted octanol–water partition coefficient (Wildman–Crippen LogP) is 1.36. The molecule has 0 fully saturated rings. The van der Waals surface area contributed by atoms with E-state index >= 15 is 0 Å². The molecule has 18 heavy (non-hydrogen) atoms. The Balaban J connectivity index is 2.89. The average Bonchev–Trinajstić information content (AvgIpc) is 2.19. The molecule has 0 saturated carbocycles. The molecule has 102 valence electrons. The van der Waals surface area contributed by atoms with Crippen LogP contribution in [-0.2, 0) is 10.0 Å². The van der Waals surface area contributed by atoms with Crippen molar-refractivity contribution in [1.82, 2.24) is 4.72 Å². The summed E-state index contributed by atoms with van der Waals surface area (Å²) in [6.07, 6.45) is -0.236. The van der Waals surface area contributed by atoms with Crippen molar-refractivity contribution in [3.8, 4) is 0 Å². The SMILES string of the molecule is CC(O)CC(C)NS(=O)(=O)c1ccc(Cl)c(N)c1. The lowest BCUT2D eigenvalue weighted by Crippen LogP contribution is -2.34. The van der Waals surface area contributed by atoms with E-state index in [0.29, 0.717) is 11.4 Å². The van der Waals surface area contributed by atoms with Gasteiger partial charge in [0.05, 0.1) is 21.7 Å². The number of nitrogens with one attached hydrogen (secondary N) is 1. The van der Waals surface area contributed by atoms with Crippen LogP contribution in [0.5, 0.6) is 0 Å². The van der Waals surface area contributed by atoms with Gasteiger partial charge in [-0.15, -0.1) is 0 Å². The molecule has 0 bridgehead atoms. The molecule has 7 heteroatoms. The van der Waals surface area contributed by atoms with Crippen molar-refractivity contribution in [2.75, 3.05) is 5.73 Å². The summed E-state index contributed by atoms with van der Waals surface area (Å²) >= 11 is 5.73. The van der Waals surface area contributed by atoms with Crippen molar-refractivity contribution in [3.63, 3.8) is 0 Å². The minimum atomic E-state index is -3.64. The highest BCUT2D eigenvalue weighted by Crippen LogP contribution is 2.22. The number of aliphatic hydroxyl groups is 1. The fourth-order valence-electron chi connectivity index (χ4n) is 1.58. The minimum Gasteiger partial charge on any atom is -0.397 e. The first-order valence-corrected chi connectivity index (χ1v) is 7.34. The van der Waals surface area contributed by atoms with Crippen molar-refractivity contribution in [2.45, 2.75) is 37.3 Å². The Morgan fingerprint density at radius 3 is 2.56 bits per heavy atom. The molecular formula is C11H17ClN2O3S. The number of aliphatic hydroxyl groups excluding tert-OH is 1. The number of benzene rings is 1. The summed E-state index contributed by atoms with van der Waals surface area (Å²) in [6.45, 7) is 3.29. The second-order valence-electron chi connectivity index (χ2n) is 4.29. The van der Waals surface area contributed by atoms with Crippen molar-refractivity contribution >= 4 is 27.3 Å². The van der Waals surface area contributed by atoms with Crippen molar-refractivity contribution in [1.29, 1.82) is 0 Å². The highest BCUT2D eigenvalue weighted by molar-refractivity contribution is 7.89. The summed E-state index contributed by atoms with van der Waals surface area (Å²) in [5.41, 5.74) is 5.78. The number of hydrogen-bond donors (Lipinski definition) is 3. The largest absolute Gasteiger partial charge is 0.397 e. The average molecular weight is 293 g/mol. The Bertz CT molecular complexity index is 517. The molecule has 5 nitrogen and oxygen atoms in total. The molecule has 2 atom stereocenters. The summed E-state index contributed by atoms with van der Waals surface area (Å²) < 4.78 is 26.5. The van der Waals surface area contributed by atoms with E-state index in [-0.39, 0.29) is 16.6 Å². The second kappa shape index (κ2) is 5.88. The van der Waals surface area contributed by atoms with Gasteiger partial charge >= 0.3 is 0 Å². The first kappa shape index (κ1) is 15.2. The van der Waals surface area contributed by atoms with Gasteiger partial charge in [0.2, 0.25) is 10.0 Å². The summed E-state index contributed by atoms with van der Waals surface area (Å²) in [5.74, 6) is 0. The predicted molar refractivity (Wildman–Crippen MR) is 71.9 cm³/mol. The third-order valence-electron chi connectivity index (χ3n) is 2.33. The first-order chi connectivity index (χ1) is 8.22. The number of anilines is 1. The minimum absolute atomic E-state index is 0.0573. The van der Waals surface area contributed by atoms with Crippen LogP contribution >= 0.6 is 11.6 Å². The molecule has 0 saturated heterocycles. The maximum Gasteiger partial charge on any atom is 0.240 e. The van der Waals surface area contributed by atoms with Gasteiger partial charge < -0.3 is 10.8 Å². The van der Waals surface area contributed by atoms with Crippen LogP contribution in [0.2, 0.25) is 5.02 Å². The van der Waals surface area contributed by atoms with Crippen LogP contribution in [0.25, 0.3) is 0 Å². The Morgan fingerprint density at radius 1 is 1.44 bits per heavy atom. The zero-order valence-electron chi connectivity index (χ0n) is 10.2. The molecule has 0 radical (unpaired) electrons. The highest BCUT2D eigenvalue weighted by Gasteiger charge is 2.19. The van der Waals surface area contributed by atoms with Gasteiger partial charge in [-0.05, 0) is 38.5 Å². The fraction of sp³-hybridized carbons (Fsp3) is 0.455. The van der Waals surface area contributed by atoms with Crippen molar-refractivity contribution in [2.24, 2.45) is 0 Å². The van der Waals surface area contributed by atoms with Gasteiger partial charge in [-0.3, -0.25) is 0 Å². The standard InChI is InChI=1S/C11H17ClN2O3S/c1-7(5-8(2)15)14-18(16,17)9-3-4-10(12)11(13)6-9/h3-4,6-8,14-15H,5,13H2,1-2H3. The Kier molecular flexibility index (Phi) is 4.98. The van der Waals surface area contributed by atoms with Gasteiger partial charge in [-0.2, -0.15) is 0 Å². The van der Waals surface area contributed by atoms with Gasteiger partial charge in [0.15, 0.2) is 0 Å². The van der Waals surface area contributed by atoms with E-state index < -0.39 is 16.1 Å². The number of halogens is 1. The topological polar surface area (TPSA) is 92.4 Å². The monoisotopic (exact) mass is 292 g/mol. The molecule has 0 aromatic heterocycles. The van der Waals surface area contributed by atoms with Crippen LogP contribution in [0.1, 0.15) is 20.3 Å². The zero-order chi connectivity index (χ0) is 13.9. The summed E-state index contributed by atoms with van der Waals surface area (Å²) in [4.78, 5) is 0.0573. The fourth-order valence-corrected chi connectivity index (χ4v) is 2.99. The quantitative estimate of drug-likeness (QED) is 0.715. The molecule has 0 aliphatic heterocycles. The molecule has 4 N–H and O–H groups in total. The zero-order valence-corrected chi connectivity index (χ0v) is 11.8. The van der Waals surface area contributed by atoms with Gasteiger partial charge in [0, 0.05) is 6.04 Å². The maximum absolute atomic E-state index is 12.0. The van der Waals surface area contributed by atoms with Gasteiger partial charge in [-0.1, -0.05) is 11.6 Å². The molecule has 1 aromatic carbocycles. The molecule has 1 rings (SSSR count). The number of nitrogen functional groups attached to an aromatic ring is 1. The van der Waals surface area contributed by atoms with E-state index in [0.717, 1.165) is 0 Å². The molecule has 2 unspecified atom stereocenters. The van der Waals surface area contributed by atoms with Gasteiger partial charge in [0.25, 0.3) is 0 Å². The normalized spacial score (nSPS) is 15.3. The van der Waals surface area contributed by atoms with E-state index in [1.165, 1.54) is 18.2 Å². The van der Waals surface area contributed by atoms with Crippen LogP contribution in [0.15, 0.2) is 23.1 Å². The number of nitrogens with two attached hydrogens (primary N) is 1. The van der Waals surface area contributed by atoms with Crippen LogP contribution in [0, 0.1) is 0 Å². The third-order valence-corrected chi connectivity index (χ3v) is 4.26. The summed E-state index contributed by atoms with van der Waals surface area (Å²) in [6, 6.07) is 3.76. The number of sulfonamides is 1. The molecular weight excluding hydrogens is 276 g/mol. The third kappa shape index (κ3) is 4.13. The van der Waals surface area contributed by atoms with Crippen LogP contribution < -0.4 is 10.5 Å². The smallest absolute Gasteiger partial charge is 0.240 e. The van der Waals surface area contributed by atoms with Crippen LogP contribution in [0.4, 0.5) is 5.69 Å². The van der Waals surface area contributed by atoms with Gasteiger partial charge in [-0.25, -0.2) is 13.1 Å². The maximum atomic E-state index is 12.0. The van der Waals surface area contributed by atoms with Crippen molar-refractivity contribution in [3.05, 3.63) is 23.2 Å². The first-order valence-electron chi connectivity index (χ1n) is 5.48. The Morgan fingerprint density at radius 2 is 2.06 bits per heavy atom. The second-order valence-corrected chi connectivity index (χ2v) is 6.41. The van der Waals surface area contributed by atoms with E-state index in [9.17, 15) is 13.5 Å². The van der Waals surface area contributed by atoms with Crippen LogP contribution in [-0.4, -0.2) is 25.7 Å². The lowest BCUT2D eigenvalue weighted by molar-refractivity contribution is 0.175. The lowest BCUT2D eigenvalue weighted by Gasteiger charge is -2.16. The molecule has 1 aromatic rings. The molecule has 0 aliphatic carbocycles. The molecule has 0 spiro atoms. The lowest BCUT2D eigenvalue weighted by atomic mass is 10.2. The summed E-state index contributed by atoms with van der Waals surface area (Å²) in [5, 5.41) is 9.51. The Labute approximate surface area is 112 Å². The molecule has 0 aliphatic rings. The highest BCUT2D eigenvalue weighted by atomic mass is 35.5. The molecule has 0 amide bonds. The van der Waals surface area contributed by atoms with E-state index in [4.69, 9.17) is 17.3 Å². The molecule has 0 heterocycles. The van der Waals surface area contributed by atoms with E-state index in [2.05, 4.69) is 4.72 Å². The Hall–Kier alpha value is -0.820. The van der Waals surface area contributed by atoms with E-state index in [1.54, 1.807) is 13.8 Å². The summed E-state index contributed by atoms with van der Waals surface area (Å²) in [7, 11) is -3.64. The number of hydrogen-bond acceptors (Lipinski definition) is 4. The van der Waals surface area contributed by atoms with Crippen LogP contribution in [0.3, 0.4) is 0 Å². The van der Waals surface area contributed by atoms with Crippen molar-refractivity contribution < 1.29 is 13.5 Å². The van der Waals surface area contributed by atoms with Gasteiger partial charge in [0.1, 0.15) is 0 Å². The number of rotatable bonds is 5.